The summed E-state index contributed by atoms with van der Waals surface area (Å²) in [5.74, 6) is -0.360. The van der Waals surface area contributed by atoms with E-state index in [4.69, 9.17) is 19.3 Å². The van der Waals surface area contributed by atoms with Crippen LogP contribution in [-0.2, 0) is 9.53 Å². The van der Waals surface area contributed by atoms with Crippen molar-refractivity contribution in [2.24, 2.45) is 0 Å². The Morgan fingerprint density at radius 3 is 2.43 bits per heavy atom. The third-order valence-electron chi connectivity index (χ3n) is 2.77. The quantitative estimate of drug-likeness (QED) is 0.835. The SMILES string of the molecule is COc1cc(C(C)NC(=O)OC(C)(C)C)ccc1OCC(=O)O. The molecule has 2 N–H and O–H groups in total. The van der Waals surface area contributed by atoms with Gasteiger partial charge in [0.2, 0.25) is 0 Å². The van der Waals surface area contributed by atoms with E-state index in [1.165, 1.54) is 7.11 Å². The molecule has 1 unspecified atom stereocenters. The van der Waals surface area contributed by atoms with Gasteiger partial charge in [-0.25, -0.2) is 9.59 Å². The van der Waals surface area contributed by atoms with E-state index in [9.17, 15) is 9.59 Å². The second kappa shape index (κ2) is 7.71. The Morgan fingerprint density at radius 2 is 1.91 bits per heavy atom. The van der Waals surface area contributed by atoms with Gasteiger partial charge in [-0.3, -0.25) is 0 Å². The van der Waals surface area contributed by atoms with Crippen LogP contribution < -0.4 is 14.8 Å². The van der Waals surface area contributed by atoms with Crippen LogP contribution >= 0.6 is 0 Å². The molecule has 1 aromatic carbocycles. The van der Waals surface area contributed by atoms with Gasteiger partial charge in [0.05, 0.1) is 13.2 Å². The zero-order chi connectivity index (χ0) is 17.6. The van der Waals surface area contributed by atoms with Gasteiger partial charge >= 0.3 is 12.1 Å². The van der Waals surface area contributed by atoms with E-state index in [0.29, 0.717) is 11.5 Å². The molecule has 0 saturated carbocycles. The van der Waals surface area contributed by atoms with E-state index in [-0.39, 0.29) is 6.04 Å². The topological polar surface area (TPSA) is 94.1 Å². The Labute approximate surface area is 135 Å². The van der Waals surface area contributed by atoms with Crippen LogP contribution in [0.3, 0.4) is 0 Å². The molecule has 0 aliphatic carbocycles. The van der Waals surface area contributed by atoms with E-state index in [1.54, 1.807) is 45.9 Å². The molecule has 7 heteroatoms. The lowest BCUT2D eigenvalue weighted by atomic mass is 10.1. The maximum atomic E-state index is 11.8. The summed E-state index contributed by atoms with van der Waals surface area (Å²) in [7, 11) is 1.46. The summed E-state index contributed by atoms with van der Waals surface area (Å²) in [6, 6.07) is 4.69. The van der Waals surface area contributed by atoms with Crippen LogP contribution in [0.4, 0.5) is 4.79 Å². The lowest BCUT2D eigenvalue weighted by molar-refractivity contribution is -0.139. The number of rotatable bonds is 6. The van der Waals surface area contributed by atoms with Gasteiger partial charge in [-0.15, -0.1) is 0 Å². The number of nitrogens with one attached hydrogen (secondary N) is 1. The predicted molar refractivity (Wildman–Crippen MR) is 83.9 cm³/mol. The van der Waals surface area contributed by atoms with Crippen molar-refractivity contribution < 1.29 is 28.9 Å². The van der Waals surface area contributed by atoms with Crippen molar-refractivity contribution in [3.63, 3.8) is 0 Å². The number of ether oxygens (including phenoxy) is 3. The first-order valence-electron chi connectivity index (χ1n) is 7.14. The Bertz CT molecular complexity index is 564. The number of carbonyl (C=O) groups excluding carboxylic acids is 1. The highest BCUT2D eigenvalue weighted by Crippen LogP contribution is 2.30. The van der Waals surface area contributed by atoms with Crippen LogP contribution in [0.1, 0.15) is 39.3 Å². The molecule has 7 nitrogen and oxygen atoms in total. The Morgan fingerprint density at radius 1 is 1.26 bits per heavy atom. The van der Waals surface area contributed by atoms with Crippen LogP contribution in [0.25, 0.3) is 0 Å². The fourth-order valence-electron chi connectivity index (χ4n) is 1.78. The van der Waals surface area contributed by atoms with Crippen LogP contribution in [-0.4, -0.2) is 36.5 Å². The van der Waals surface area contributed by atoms with Crippen molar-refractivity contribution in [2.75, 3.05) is 13.7 Å². The summed E-state index contributed by atoms with van der Waals surface area (Å²) in [6.45, 7) is 6.70. The van der Waals surface area contributed by atoms with Crippen molar-refractivity contribution in [1.29, 1.82) is 0 Å². The second-order valence-electron chi connectivity index (χ2n) is 5.96. The van der Waals surface area contributed by atoms with Crippen molar-refractivity contribution in [2.45, 2.75) is 39.3 Å². The zero-order valence-electron chi connectivity index (χ0n) is 14.0. The number of benzene rings is 1. The molecule has 1 aromatic rings. The minimum Gasteiger partial charge on any atom is -0.493 e. The zero-order valence-corrected chi connectivity index (χ0v) is 14.0. The lowest BCUT2D eigenvalue weighted by Crippen LogP contribution is -2.34. The molecule has 0 bridgehead atoms. The summed E-state index contributed by atoms with van der Waals surface area (Å²) in [6.07, 6.45) is -0.518. The van der Waals surface area contributed by atoms with E-state index >= 15 is 0 Å². The number of hydrogen-bond acceptors (Lipinski definition) is 5. The van der Waals surface area contributed by atoms with Gasteiger partial charge in [-0.05, 0) is 45.4 Å². The molecule has 1 amide bonds. The second-order valence-corrected chi connectivity index (χ2v) is 5.96. The van der Waals surface area contributed by atoms with Crippen LogP contribution in [0.5, 0.6) is 11.5 Å². The molecule has 0 spiro atoms. The van der Waals surface area contributed by atoms with Gasteiger partial charge < -0.3 is 24.6 Å². The maximum Gasteiger partial charge on any atom is 0.408 e. The van der Waals surface area contributed by atoms with Crippen LogP contribution in [0.2, 0.25) is 0 Å². The summed E-state index contributed by atoms with van der Waals surface area (Å²) in [5, 5.41) is 11.4. The van der Waals surface area contributed by atoms with Crippen LogP contribution in [0.15, 0.2) is 18.2 Å². The molecule has 0 heterocycles. The third kappa shape index (κ3) is 6.46. The largest absolute Gasteiger partial charge is 0.493 e. The first-order valence-corrected chi connectivity index (χ1v) is 7.14. The third-order valence-corrected chi connectivity index (χ3v) is 2.77. The highest BCUT2D eigenvalue weighted by molar-refractivity contribution is 5.69. The highest BCUT2D eigenvalue weighted by Gasteiger charge is 2.19. The normalized spacial score (nSPS) is 12.2. The number of aliphatic carboxylic acids is 1. The molecule has 128 valence electrons. The fourth-order valence-corrected chi connectivity index (χ4v) is 1.78. The van der Waals surface area contributed by atoms with Gasteiger partial charge in [0.25, 0.3) is 0 Å². The summed E-state index contributed by atoms with van der Waals surface area (Å²) in [5.41, 5.74) is 0.200. The molecule has 1 rings (SSSR count). The molecular formula is C16H23NO6. The van der Waals surface area contributed by atoms with Gasteiger partial charge in [-0.2, -0.15) is 0 Å². The first-order chi connectivity index (χ1) is 10.6. The van der Waals surface area contributed by atoms with Crippen molar-refractivity contribution in [1.82, 2.24) is 5.32 Å². The Balaban J connectivity index is 2.80. The van der Waals surface area contributed by atoms with Gasteiger partial charge in [0.15, 0.2) is 18.1 Å². The number of hydrogen-bond donors (Lipinski definition) is 2. The lowest BCUT2D eigenvalue weighted by Gasteiger charge is -2.22. The number of carboxylic acids is 1. The van der Waals surface area contributed by atoms with E-state index < -0.39 is 24.3 Å². The van der Waals surface area contributed by atoms with E-state index in [0.717, 1.165) is 5.56 Å². The van der Waals surface area contributed by atoms with Crippen molar-refractivity contribution in [3.05, 3.63) is 23.8 Å². The molecule has 0 saturated heterocycles. The molecule has 23 heavy (non-hydrogen) atoms. The number of carbonyl (C=O) groups is 2. The summed E-state index contributed by atoms with van der Waals surface area (Å²) in [4.78, 5) is 22.3. The van der Waals surface area contributed by atoms with E-state index in [2.05, 4.69) is 5.32 Å². The van der Waals surface area contributed by atoms with Crippen LogP contribution in [0, 0.1) is 0 Å². The predicted octanol–water partition coefficient (Wildman–Crippen LogP) is 2.74. The smallest absolute Gasteiger partial charge is 0.408 e. The molecule has 0 radical (unpaired) electrons. The Hall–Kier alpha value is -2.44. The average Bonchev–Trinajstić information content (AvgIpc) is 2.42. The molecule has 0 aliphatic rings. The summed E-state index contributed by atoms with van der Waals surface area (Å²) < 4.78 is 15.5. The molecule has 0 fully saturated rings. The van der Waals surface area contributed by atoms with E-state index in [1.807, 2.05) is 0 Å². The number of methoxy groups -OCH3 is 1. The molecular weight excluding hydrogens is 302 g/mol. The number of alkyl carbamates (subject to hydrolysis) is 1. The van der Waals surface area contributed by atoms with Gasteiger partial charge in [0, 0.05) is 0 Å². The standard InChI is InChI=1S/C16H23NO6/c1-10(17-15(20)23-16(2,3)4)11-6-7-12(13(8-11)21-5)22-9-14(18)19/h6-8,10H,9H2,1-5H3,(H,17,20)(H,18,19). The highest BCUT2D eigenvalue weighted by atomic mass is 16.6. The Kier molecular flexibility index (Phi) is 6.24. The average molecular weight is 325 g/mol. The number of amides is 1. The minimum absolute atomic E-state index is 0.313. The summed E-state index contributed by atoms with van der Waals surface area (Å²) >= 11 is 0. The maximum absolute atomic E-state index is 11.8. The molecule has 0 aliphatic heterocycles. The molecule has 0 aromatic heterocycles. The fraction of sp³-hybridized carbons (Fsp3) is 0.500. The van der Waals surface area contributed by atoms with Crippen molar-refractivity contribution in [3.8, 4) is 11.5 Å². The number of carboxylic acid groups (broad SMARTS) is 1. The minimum atomic E-state index is -1.07. The molecule has 1 atom stereocenters. The monoisotopic (exact) mass is 325 g/mol. The van der Waals surface area contributed by atoms with Crippen molar-refractivity contribution >= 4 is 12.1 Å². The first kappa shape index (κ1) is 18.6. The van der Waals surface area contributed by atoms with Gasteiger partial charge in [0.1, 0.15) is 5.60 Å². The van der Waals surface area contributed by atoms with Gasteiger partial charge in [-0.1, -0.05) is 6.07 Å².